The van der Waals surface area contributed by atoms with Gasteiger partial charge in [-0.15, -0.1) is 0 Å². The maximum Gasteiger partial charge on any atom is 0.258 e. The zero-order chi connectivity index (χ0) is 36.1. The molecular formula is C38H41FN8O5. The van der Waals surface area contributed by atoms with Crippen molar-refractivity contribution in [1.29, 1.82) is 0 Å². The van der Waals surface area contributed by atoms with Gasteiger partial charge in [0.1, 0.15) is 18.2 Å². The van der Waals surface area contributed by atoms with Gasteiger partial charge in [0.15, 0.2) is 11.4 Å². The van der Waals surface area contributed by atoms with E-state index in [9.17, 15) is 14.0 Å². The number of H-pyrrole nitrogens is 1. The number of nitrogens with zero attached hydrogens (tertiary/aromatic N) is 6. The van der Waals surface area contributed by atoms with Crippen LogP contribution in [0.5, 0.6) is 5.75 Å². The second-order valence-corrected chi connectivity index (χ2v) is 12.9. The molecule has 4 heterocycles. The molecule has 7 rings (SSSR count). The fourth-order valence-electron chi connectivity index (χ4n) is 6.77. The summed E-state index contributed by atoms with van der Waals surface area (Å²) in [5.74, 6) is 0.413. The highest BCUT2D eigenvalue weighted by Crippen LogP contribution is 2.32. The van der Waals surface area contributed by atoms with E-state index in [1.54, 1.807) is 31.6 Å². The van der Waals surface area contributed by atoms with Crippen LogP contribution in [0.4, 0.5) is 15.8 Å². The Kier molecular flexibility index (Phi) is 10.4. The molecule has 14 heteroatoms. The Bertz CT molecular complexity index is 2020. The Morgan fingerprint density at radius 2 is 1.73 bits per heavy atom. The summed E-state index contributed by atoms with van der Waals surface area (Å²) in [6.07, 6.45) is 3.62. The van der Waals surface area contributed by atoms with E-state index >= 15 is 0 Å². The molecule has 0 radical (unpaired) electrons. The number of methoxy groups -OCH3 is 2. The molecule has 1 atom stereocenters. The quantitative estimate of drug-likeness (QED) is 0.181. The van der Waals surface area contributed by atoms with Crippen LogP contribution < -0.4 is 15.0 Å². The number of halogens is 1. The smallest absolute Gasteiger partial charge is 0.258 e. The number of anilines is 2. The number of aromatic amines is 1. The van der Waals surface area contributed by atoms with Crippen molar-refractivity contribution in [2.75, 3.05) is 83.5 Å². The Labute approximate surface area is 300 Å². The number of likely N-dealkylation sites (tertiary alicyclic amines) is 1. The van der Waals surface area contributed by atoms with Crippen molar-refractivity contribution in [3.05, 3.63) is 84.9 Å². The summed E-state index contributed by atoms with van der Waals surface area (Å²) in [5, 5.41) is 11.5. The fourth-order valence-corrected chi connectivity index (χ4v) is 6.77. The van der Waals surface area contributed by atoms with Crippen LogP contribution in [0.15, 0.2) is 79.1 Å². The van der Waals surface area contributed by atoms with E-state index in [0.717, 1.165) is 33.6 Å². The van der Waals surface area contributed by atoms with Gasteiger partial charge in [-0.25, -0.2) is 14.4 Å². The predicted molar refractivity (Wildman–Crippen MR) is 195 cm³/mol. The first-order valence-corrected chi connectivity index (χ1v) is 17.2. The molecule has 0 bridgehead atoms. The van der Waals surface area contributed by atoms with Crippen molar-refractivity contribution in [2.24, 2.45) is 0 Å². The molecule has 270 valence electrons. The van der Waals surface area contributed by atoms with Crippen LogP contribution >= 0.6 is 0 Å². The first-order chi connectivity index (χ1) is 25.4. The third kappa shape index (κ3) is 7.45. The average Bonchev–Trinajstić information content (AvgIpc) is 3.80. The van der Waals surface area contributed by atoms with E-state index < -0.39 is 5.60 Å². The van der Waals surface area contributed by atoms with Crippen LogP contribution in [0, 0.1) is 5.82 Å². The van der Waals surface area contributed by atoms with Gasteiger partial charge < -0.3 is 29.3 Å². The van der Waals surface area contributed by atoms with Crippen molar-refractivity contribution < 1.29 is 28.2 Å². The highest BCUT2D eigenvalue weighted by Gasteiger charge is 2.45. The van der Waals surface area contributed by atoms with Gasteiger partial charge in [-0.3, -0.25) is 19.6 Å². The number of hydrogen-bond acceptors (Lipinski definition) is 10. The number of amides is 2. The van der Waals surface area contributed by atoms with E-state index in [-0.39, 0.29) is 30.7 Å². The zero-order valence-corrected chi connectivity index (χ0v) is 29.2. The summed E-state index contributed by atoms with van der Waals surface area (Å²) in [6, 6.07) is 20.0. The standard InChI is InChI=1S/C38H41FN8O5/c1-50-20-21-52-29-8-4-26(5-9-29)35-31-22-27(6-11-33(31)43-44-35)42-37(49)38(51-2)12-15-45(25-38)24-34(48)47-18-16-46(17-19-47)28-7-10-30(32(39)23-28)36-40-13-3-14-41-36/h3-11,13-14,22-23H,12,15-21,24-25H2,1-2H3,(H,42,49)(H,43,44)/t38-/m0/s1. The lowest BCUT2D eigenvalue weighted by Gasteiger charge is -2.37. The molecule has 0 unspecified atom stereocenters. The summed E-state index contributed by atoms with van der Waals surface area (Å²) >= 11 is 0. The van der Waals surface area contributed by atoms with Crippen LogP contribution in [0.3, 0.4) is 0 Å². The molecule has 52 heavy (non-hydrogen) atoms. The van der Waals surface area contributed by atoms with Crippen LogP contribution in [0.2, 0.25) is 0 Å². The first kappa shape index (κ1) is 35.0. The van der Waals surface area contributed by atoms with E-state index in [1.165, 1.54) is 13.2 Å². The molecule has 0 aliphatic carbocycles. The molecule has 0 saturated carbocycles. The third-order valence-corrected chi connectivity index (χ3v) is 9.74. The summed E-state index contributed by atoms with van der Waals surface area (Å²) in [7, 11) is 3.17. The van der Waals surface area contributed by atoms with Crippen molar-refractivity contribution in [2.45, 2.75) is 12.0 Å². The number of nitrogens with one attached hydrogen (secondary N) is 2. The van der Waals surface area contributed by atoms with Crippen molar-refractivity contribution in [3.63, 3.8) is 0 Å². The number of benzene rings is 3. The molecule has 13 nitrogen and oxygen atoms in total. The second-order valence-electron chi connectivity index (χ2n) is 12.9. The van der Waals surface area contributed by atoms with Gasteiger partial charge in [0.2, 0.25) is 5.91 Å². The minimum atomic E-state index is -1.10. The molecule has 2 aliphatic rings. The topological polar surface area (TPSA) is 138 Å². The van der Waals surface area contributed by atoms with Crippen LogP contribution in [-0.2, 0) is 19.1 Å². The minimum absolute atomic E-state index is 0.0118. The second kappa shape index (κ2) is 15.4. The molecule has 2 saturated heterocycles. The van der Waals surface area contributed by atoms with Crippen molar-refractivity contribution in [3.8, 4) is 28.4 Å². The maximum atomic E-state index is 14.9. The zero-order valence-electron chi connectivity index (χ0n) is 29.2. The van der Waals surface area contributed by atoms with E-state index in [4.69, 9.17) is 14.2 Å². The average molecular weight is 709 g/mol. The van der Waals surface area contributed by atoms with Crippen LogP contribution in [-0.4, -0.2) is 121 Å². The van der Waals surface area contributed by atoms with Crippen LogP contribution in [0.25, 0.3) is 33.5 Å². The molecule has 2 fully saturated rings. The van der Waals surface area contributed by atoms with E-state index in [1.807, 2.05) is 58.3 Å². The summed E-state index contributed by atoms with van der Waals surface area (Å²) in [5.41, 5.74) is 3.11. The molecule has 2 amide bonds. The predicted octanol–water partition coefficient (Wildman–Crippen LogP) is 4.23. The SMILES string of the molecule is COCCOc1ccc(-c2n[nH]c3ccc(NC(=O)[C@]4(OC)CCN(CC(=O)N5CCN(c6ccc(-c7ncccn7)c(F)c6)CC5)C4)cc23)cc1. The Morgan fingerprint density at radius 3 is 2.46 bits per heavy atom. The largest absolute Gasteiger partial charge is 0.491 e. The molecule has 2 aromatic heterocycles. The first-order valence-electron chi connectivity index (χ1n) is 17.2. The highest BCUT2D eigenvalue weighted by atomic mass is 19.1. The number of fused-ring (bicyclic) bond motifs is 1. The Hall–Kier alpha value is -5.44. The molecule has 3 aromatic carbocycles. The summed E-state index contributed by atoms with van der Waals surface area (Å²) < 4.78 is 31.5. The normalized spacial score (nSPS) is 17.8. The van der Waals surface area contributed by atoms with Gasteiger partial charge in [0.25, 0.3) is 5.91 Å². The van der Waals surface area contributed by atoms with E-state index in [0.29, 0.717) is 69.4 Å². The number of carbonyl (C=O) groups is 2. The molecule has 0 spiro atoms. The number of piperazine rings is 1. The lowest BCUT2D eigenvalue weighted by molar-refractivity contribution is -0.138. The summed E-state index contributed by atoms with van der Waals surface area (Å²) in [4.78, 5) is 41.2. The lowest BCUT2D eigenvalue weighted by atomic mass is 10.0. The lowest BCUT2D eigenvalue weighted by Crippen LogP contribution is -2.52. The molecule has 2 aliphatic heterocycles. The number of carbonyl (C=O) groups excluding carboxylic acids is 2. The fraction of sp³-hybridized carbons (Fsp3) is 0.342. The van der Waals surface area contributed by atoms with E-state index in [2.05, 4.69) is 30.4 Å². The van der Waals surface area contributed by atoms with Gasteiger partial charge in [-0.1, -0.05) is 0 Å². The van der Waals surface area contributed by atoms with Gasteiger partial charge in [0.05, 0.1) is 29.9 Å². The molecule has 2 N–H and O–H groups in total. The maximum absolute atomic E-state index is 14.9. The van der Waals surface area contributed by atoms with Gasteiger partial charge in [-0.05, 0) is 73.2 Å². The number of hydrogen-bond donors (Lipinski definition) is 2. The third-order valence-electron chi connectivity index (χ3n) is 9.74. The number of aromatic nitrogens is 4. The molecule has 5 aromatic rings. The van der Waals surface area contributed by atoms with Gasteiger partial charge in [0, 0.05) is 88.2 Å². The van der Waals surface area contributed by atoms with Gasteiger partial charge >= 0.3 is 0 Å². The van der Waals surface area contributed by atoms with Gasteiger partial charge in [-0.2, -0.15) is 5.10 Å². The monoisotopic (exact) mass is 708 g/mol. The highest BCUT2D eigenvalue weighted by molar-refractivity contribution is 6.01. The Balaban J connectivity index is 0.934. The van der Waals surface area contributed by atoms with Crippen LogP contribution in [0.1, 0.15) is 6.42 Å². The number of ether oxygens (including phenoxy) is 3. The van der Waals surface area contributed by atoms with Crippen molar-refractivity contribution in [1.82, 2.24) is 30.0 Å². The summed E-state index contributed by atoms with van der Waals surface area (Å²) in [6.45, 7) is 4.16. The number of rotatable bonds is 12. The molecular weight excluding hydrogens is 667 g/mol. The minimum Gasteiger partial charge on any atom is -0.491 e. The van der Waals surface area contributed by atoms with Crippen molar-refractivity contribution >= 4 is 34.1 Å². The Morgan fingerprint density at radius 1 is 0.942 bits per heavy atom.